The minimum atomic E-state index is -5.16. The Hall–Kier alpha value is -1.73. The Balaban J connectivity index is 3.60. The van der Waals surface area contributed by atoms with Crippen LogP contribution < -0.4 is 5.43 Å². The number of pyridine rings is 1. The van der Waals surface area contributed by atoms with E-state index in [0.717, 1.165) is 0 Å². The van der Waals surface area contributed by atoms with Gasteiger partial charge in [0.1, 0.15) is 5.56 Å². The quantitative estimate of drug-likeness (QED) is 0.637. The maximum Gasteiger partial charge on any atom is 0.422 e. The number of aldehydes is 1. The summed E-state index contributed by atoms with van der Waals surface area (Å²) < 4.78 is 61.3. The fourth-order valence-corrected chi connectivity index (χ4v) is 1.10. The second-order valence-electron chi connectivity index (χ2n) is 2.78. The minimum Gasteiger partial charge on any atom is -0.358 e. The Bertz CT molecular complexity index is 462. The van der Waals surface area contributed by atoms with E-state index < -0.39 is 34.9 Å². The Morgan fingerprint density at radius 1 is 1.31 bits per heavy atom. The van der Waals surface area contributed by atoms with Crippen molar-refractivity contribution in [1.82, 2.24) is 4.98 Å². The van der Waals surface area contributed by atoms with Crippen molar-refractivity contribution in [3.05, 3.63) is 33.2 Å². The zero-order valence-corrected chi connectivity index (χ0v) is 7.44. The highest BCUT2D eigenvalue weighted by molar-refractivity contribution is 5.74. The number of carbonyl (C=O) groups excluding carboxylic acids is 1. The van der Waals surface area contributed by atoms with Gasteiger partial charge in [0.25, 0.3) is 6.43 Å². The van der Waals surface area contributed by atoms with Gasteiger partial charge in [0.05, 0.1) is 11.3 Å². The van der Waals surface area contributed by atoms with E-state index in [0.29, 0.717) is 6.20 Å². The fraction of sp³-hybridized carbons (Fsp3) is 0.250. The van der Waals surface area contributed by atoms with E-state index in [1.165, 1.54) is 0 Å². The van der Waals surface area contributed by atoms with E-state index in [1.807, 2.05) is 0 Å². The van der Waals surface area contributed by atoms with Crippen LogP contribution >= 0.6 is 0 Å². The van der Waals surface area contributed by atoms with Crippen LogP contribution in [0, 0.1) is 0 Å². The summed E-state index contributed by atoms with van der Waals surface area (Å²) in [7, 11) is 0. The molecule has 0 aliphatic carbocycles. The van der Waals surface area contributed by atoms with Crippen molar-refractivity contribution >= 4 is 6.29 Å². The van der Waals surface area contributed by atoms with Crippen molar-refractivity contribution in [1.29, 1.82) is 0 Å². The van der Waals surface area contributed by atoms with Crippen LogP contribution in [0.4, 0.5) is 22.0 Å². The average molecular weight is 241 g/mol. The molecule has 0 fully saturated rings. The van der Waals surface area contributed by atoms with Crippen molar-refractivity contribution in [3.63, 3.8) is 0 Å². The highest BCUT2D eigenvalue weighted by Crippen LogP contribution is 2.29. The summed E-state index contributed by atoms with van der Waals surface area (Å²) in [6.45, 7) is 0. The number of nitrogens with one attached hydrogen (secondary N) is 1. The van der Waals surface area contributed by atoms with Crippen molar-refractivity contribution < 1.29 is 26.7 Å². The van der Waals surface area contributed by atoms with Gasteiger partial charge in [-0.1, -0.05) is 0 Å². The first-order chi connectivity index (χ1) is 7.29. The third-order valence-electron chi connectivity index (χ3n) is 1.78. The molecule has 0 atom stereocenters. The Kier molecular flexibility index (Phi) is 3.11. The molecule has 1 heterocycles. The molecule has 0 radical (unpaired) electrons. The standard InChI is InChI=1S/C8H4F5NO2/c9-7(10)3-1-14-4(2-15)5(6(3)16)8(11,12)13/h1-2,7H,(H,14,16). The monoisotopic (exact) mass is 241 g/mol. The van der Waals surface area contributed by atoms with Crippen molar-refractivity contribution in [2.45, 2.75) is 12.6 Å². The van der Waals surface area contributed by atoms with Gasteiger partial charge in [-0.2, -0.15) is 13.2 Å². The van der Waals surface area contributed by atoms with Crippen LogP contribution in [0.1, 0.15) is 28.0 Å². The molecule has 0 amide bonds. The summed E-state index contributed by atoms with van der Waals surface area (Å²) in [6, 6.07) is 0. The molecule has 1 aromatic rings. The molecule has 0 saturated carbocycles. The zero-order chi connectivity index (χ0) is 12.5. The first-order valence-corrected chi connectivity index (χ1v) is 3.85. The summed E-state index contributed by atoms with van der Waals surface area (Å²) in [4.78, 5) is 23.0. The second kappa shape index (κ2) is 4.03. The number of H-pyrrole nitrogens is 1. The number of hydrogen-bond donors (Lipinski definition) is 1. The van der Waals surface area contributed by atoms with Crippen molar-refractivity contribution in [2.75, 3.05) is 0 Å². The lowest BCUT2D eigenvalue weighted by molar-refractivity contribution is -0.139. The molecule has 8 heteroatoms. The summed E-state index contributed by atoms with van der Waals surface area (Å²) in [6.07, 6.45) is -8.36. The predicted molar refractivity (Wildman–Crippen MR) is 42.4 cm³/mol. The molecule has 1 aromatic heterocycles. The summed E-state index contributed by atoms with van der Waals surface area (Å²) in [5.41, 5.74) is -6.18. The van der Waals surface area contributed by atoms with Gasteiger partial charge >= 0.3 is 6.18 Å². The SMILES string of the molecule is O=Cc1[nH]cc(C(F)F)c(=O)c1C(F)(F)F. The Morgan fingerprint density at radius 2 is 1.88 bits per heavy atom. The number of hydrogen-bond acceptors (Lipinski definition) is 2. The lowest BCUT2D eigenvalue weighted by Gasteiger charge is -2.09. The number of carbonyl (C=O) groups is 1. The van der Waals surface area contributed by atoms with Crippen LogP contribution in [-0.4, -0.2) is 11.3 Å². The van der Waals surface area contributed by atoms with Crippen LogP contribution in [0.25, 0.3) is 0 Å². The van der Waals surface area contributed by atoms with Crippen LogP contribution in [0.15, 0.2) is 11.0 Å². The first-order valence-electron chi connectivity index (χ1n) is 3.85. The first kappa shape index (κ1) is 12.3. The van der Waals surface area contributed by atoms with E-state index in [2.05, 4.69) is 0 Å². The maximum atomic E-state index is 12.3. The van der Waals surface area contributed by atoms with E-state index in [4.69, 9.17) is 0 Å². The van der Waals surface area contributed by atoms with Gasteiger partial charge in [0.2, 0.25) is 5.43 Å². The van der Waals surface area contributed by atoms with Crippen LogP contribution in [0.3, 0.4) is 0 Å². The molecule has 1 N–H and O–H groups in total. The molecule has 0 spiro atoms. The molecule has 0 bridgehead atoms. The number of rotatable bonds is 2. The average Bonchev–Trinajstić information content (AvgIpc) is 2.14. The number of aromatic nitrogens is 1. The largest absolute Gasteiger partial charge is 0.422 e. The molecule has 0 aliphatic heterocycles. The Labute approximate surface area is 84.9 Å². The van der Waals surface area contributed by atoms with Crippen molar-refractivity contribution in [2.24, 2.45) is 0 Å². The lowest BCUT2D eigenvalue weighted by Crippen LogP contribution is -2.26. The van der Waals surface area contributed by atoms with Crippen LogP contribution in [-0.2, 0) is 6.18 Å². The van der Waals surface area contributed by atoms with Crippen molar-refractivity contribution in [3.8, 4) is 0 Å². The smallest absolute Gasteiger partial charge is 0.358 e. The molecule has 88 valence electrons. The summed E-state index contributed by atoms with van der Waals surface area (Å²) in [5.74, 6) is 0. The topological polar surface area (TPSA) is 49.9 Å². The van der Waals surface area contributed by atoms with Gasteiger partial charge in [-0.3, -0.25) is 9.59 Å². The van der Waals surface area contributed by atoms with E-state index in [9.17, 15) is 31.5 Å². The molecule has 16 heavy (non-hydrogen) atoms. The fourth-order valence-electron chi connectivity index (χ4n) is 1.10. The number of alkyl halides is 5. The van der Waals surface area contributed by atoms with E-state index in [1.54, 1.807) is 4.98 Å². The van der Waals surface area contributed by atoms with Gasteiger partial charge in [-0.15, -0.1) is 0 Å². The number of aromatic amines is 1. The van der Waals surface area contributed by atoms with Gasteiger partial charge in [0.15, 0.2) is 6.29 Å². The zero-order valence-electron chi connectivity index (χ0n) is 7.44. The lowest BCUT2D eigenvalue weighted by atomic mass is 10.1. The predicted octanol–water partition coefficient (Wildman–Crippen LogP) is 2.14. The maximum absolute atomic E-state index is 12.3. The molecule has 0 unspecified atom stereocenters. The van der Waals surface area contributed by atoms with Crippen LogP contribution in [0.2, 0.25) is 0 Å². The number of halogens is 5. The highest BCUT2D eigenvalue weighted by atomic mass is 19.4. The Morgan fingerprint density at radius 3 is 2.25 bits per heavy atom. The molecule has 1 rings (SSSR count). The van der Waals surface area contributed by atoms with E-state index in [-0.39, 0.29) is 6.29 Å². The second-order valence-corrected chi connectivity index (χ2v) is 2.78. The molecular weight excluding hydrogens is 237 g/mol. The minimum absolute atomic E-state index is 0.251. The summed E-state index contributed by atoms with van der Waals surface area (Å²) >= 11 is 0. The van der Waals surface area contributed by atoms with Gasteiger partial charge in [-0.05, 0) is 0 Å². The normalized spacial score (nSPS) is 11.9. The highest BCUT2D eigenvalue weighted by Gasteiger charge is 2.38. The summed E-state index contributed by atoms with van der Waals surface area (Å²) in [5, 5.41) is 0. The van der Waals surface area contributed by atoms with Crippen LogP contribution in [0.5, 0.6) is 0 Å². The third-order valence-corrected chi connectivity index (χ3v) is 1.78. The molecule has 3 nitrogen and oxygen atoms in total. The van der Waals surface area contributed by atoms with E-state index >= 15 is 0 Å². The molecule has 0 aliphatic rings. The molecule has 0 aromatic carbocycles. The molecular formula is C8H4F5NO2. The van der Waals surface area contributed by atoms with Gasteiger partial charge in [0, 0.05) is 6.20 Å². The van der Waals surface area contributed by atoms with Gasteiger partial charge in [-0.25, -0.2) is 8.78 Å². The third kappa shape index (κ3) is 2.10. The molecule has 0 saturated heterocycles. The van der Waals surface area contributed by atoms with Gasteiger partial charge < -0.3 is 4.98 Å².